The van der Waals surface area contributed by atoms with Gasteiger partial charge in [-0.25, -0.2) is 4.79 Å². The molecule has 1 atom stereocenters. The molecule has 1 N–H and O–H groups in total. The Hall–Kier alpha value is -1.27. The van der Waals surface area contributed by atoms with Crippen molar-refractivity contribution in [3.8, 4) is 11.5 Å². The van der Waals surface area contributed by atoms with Crippen LogP contribution in [0.15, 0.2) is 16.6 Å². The van der Waals surface area contributed by atoms with Gasteiger partial charge in [0.05, 0.1) is 11.1 Å². The van der Waals surface area contributed by atoms with Gasteiger partial charge in [0.25, 0.3) is 0 Å². The number of halogens is 1. The lowest BCUT2D eigenvalue weighted by Crippen LogP contribution is -2.31. The first-order valence-corrected chi connectivity index (χ1v) is 7.50. The average Bonchev–Trinajstić information content (AvgIpc) is 3.11. The van der Waals surface area contributed by atoms with Crippen molar-refractivity contribution in [3.63, 3.8) is 0 Å². The van der Waals surface area contributed by atoms with E-state index >= 15 is 0 Å². The Labute approximate surface area is 125 Å². The first-order chi connectivity index (χ1) is 9.69. The van der Waals surface area contributed by atoms with Crippen molar-refractivity contribution in [2.75, 3.05) is 13.4 Å². The number of rotatable bonds is 5. The first kappa shape index (κ1) is 13.7. The van der Waals surface area contributed by atoms with Gasteiger partial charge in [0.15, 0.2) is 11.5 Å². The van der Waals surface area contributed by atoms with Gasteiger partial charge in [-0.15, -0.1) is 0 Å². The number of ether oxygens (including phenoxy) is 3. The van der Waals surface area contributed by atoms with Gasteiger partial charge < -0.3 is 14.2 Å². The second-order valence-corrected chi connectivity index (χ2v) is 5.72. The van der Waals surface area contributed by atoms with Gasteiger partial charge >= 0.3 is 5.97 Å². The molecule has 0 spiro atoms. The number of hydrogen-bond donors (Lipinski definition) is 1. The molecule has 5 nitrogen and oxygen atoms in total. The number of esters is 1. The lowest BCUT2D eigenvalue weighted by molar-refractivity contribution is -0.145. The van der Waals surface area contributed by atoms with Crippen molar-refractivity contribution in [2.24, 2.45) is 0 Å². The minimum absolute atomic E-state index is 0.206. The van der Waals surface area contributed by atoms with Crippen LogP contribution in [-0.2, 0) is 9.53 Å². The maximum absolute atomic E-state index is 12.1. The smallest absolute Gasteiger partial charge is 0.327 e. The highest BCUT2D eigenvalue weighted by molar-refractivity contribution is 9.10. The summed E-state index contributed by atoms with van der Waals surface area (Å²) in [5.74, 6) is 1.08. The van der Waals surface area contributed by atoms with Crippen molar-refractivity contribution < 1.29 is 19.0 Å². The summed E-state index contributed by atoms with van der Waals surface area (Å²) in [6, 6.07) is 3.65. The third-order valence-corrected chi connectivity index (χ3v) is 3.87. The number of fused-ring (bicyclic) bond motifs is 1. The van der Waals surface area contributed by atoms with Crippen LogP contribution >= 0.6 is 15.9 Å². The van der Waals surface area contributed by atoms with Crippen LogP contribution in [0.1, 0.15) is 31.4 Å². The fraction of sp³-hybridized carbons (Fsp3) is 0.500. The highest BCUT2D eigenvalue weighted by Gasteiger charge is 2.32. The third-order valence-electron chi connectivity index (χ3n) is 3.28. The molecule has 0 aromatic heterocycles. The predicted molar refractivity (Wildman–Crippen MR) is 75.8 cm³/mol. The molecular formula is C14H16BrNO4. The standard InChI is InChI=1S/C14H16BrNO4/c1-2-18-14(17)12(16-9-3-4-9)8-5-10(15)13-11(6-8)19-7-20-13/h5-6,9,12,16H,2-4,7H2,1H3. The van der Waals surface area contributed by atoms with Crippen LogP contribution in [0.4, 0.5) is 0 Å². The molecule has 1 unspecified atom stereocenters. The van der Waals surface area contributed by atoms with Crippen LogP contribution in [0.25, 0.3) is 0 Å². The molecule has 108 valence electrons. The largest absolute Gasteiger partial charge is 0.465 e. The van der Waals surface area contributed by atoms with Crippen molar-refractivity contribution in [1.29, 1.82) is 0 Å². The summed E-state index contributed by atoms with van der Waals surface area (Å²) < 4.78 is 16.7. The quantitative estimate of drug-likeness (QED) is 0.834. The van der Waals surface area contributed by atoms with E-state index in [0.29, 0.717) is 24.1 Å². The molecule has 20 heavy (non-hydrogen) atoms. The first-order valence-electron chi connectivity index (χ1n) is 6.70. The van der Waals surface area contributed by atoms with E-state index in [-0.39, 0.29) is 12.8 Å². The van der Waals surface area contributed by atoms with E-state index in [1.807, 2.05) is 19.1 Å². The van der Waals surface area contributed by atoms with Crippen LogP contribution < -0.4 is 14.8 Å². The van der Waals surface area contributed by atoms with Crippen LogP contribution in [0, 0.1) is 0 Å². The maximum atomic E-state index is 12.1. The van der Waals surface area contributed by atoms with Crippen molar-refractivity contribution in [1.82, 2.24) is 5.32 Å². The van der Waals surface area contributed by atoms with Crippen molar-refractivity contribution in [3.05, 3.63) is 22.2 Å². The molecule has 1 saturated carbocycles. The molecule has 0 bridgehead atoms. The summed E-state index contributed by atoms with van der Waals surface area (Å²) in [6.45, 7) is 2.38. The number of benzene rings is 1. The van der Waals surface area contributed by atoms with Gasteiger partial charge in [0.1, 0.15) is 6.04 Å². The minimum Gasteiger partial charge on any atom is -0.465 e. The molecule has 0 amide bonds. The molecule has 1 aromatic rings. The molecule has 3 rings (SSSR count). The maximum Gasteiger partial charge on any atom is 0.327 e. The molecule has 1 fully saturated rings. The van der Waals surface area contributed by atoms with Gasteiger partial charge in [0, 0.05) is 6.04 Å². The zero-order valence-corrected chi connectivity index (χ0v) is 12.7. The second-order valence-electron chi connectivity index (χ2n) is 4.86. The SMILES string of the molecule is CCOC(=O)C(NC1CC1)c1cc(Br)c2c(c1)OCO2. The van der Waals surface area contributed by atoms with E-state index in [2.05, 4.69) is 21.2 Å². The van der Waals surface area contributed by atoms with E-state index < -0.39 is 6.04 Å². The number of carbonyl (C=O) groups excluding carboxylic acids is 1. The van der Waals surface area contributed by atoms with E-state index in [1.54, 1.807) is 0 Å². The zero-order valence-electron chi connectivity index (χ0n) is 11.1. The van der Waals surface area contributed by atoms with Crippen LogP contribution in [-0.4, -0.2) is 25.4 Å². The molecule has 1 aromatic carbocycles. The fourth-order valence-electron chi connectivity index (χ4n) is 2.17. The topological polar surface area (TPSA) is 56.8 Å². The van der Waals surface area contributed by atoms with Gasteiger partial charge in [-0.05, 0) is 53.4 Å². The number of hydrogen-bond acceptors (Lipinski definition) is 5. The molecule has 2 aliphatic rings. The fourth-order valence-corrected chi connectivity index (χ4v) is 2.74. The van der Waals surface area contributed by atoms with Crippen molar-refractivity contribution in [2.45, 2.75) is 31.8 Å². The summed E-state index contributed by atoms with van der Waals surface area (Å²) in [5, 5.41) is 3.32. The Morgan fingerprint density at radius 3 is 3.00 bits per heavy atom. The molecule has 1 aliphatic carbocycles. The highest BCUT2D eigenvalue weighted by atomic mass is 79.9. The molecular weight excluding hydrogens is 326 g/mol. The Morgan fingerprint density at radius 1 is 1.50 bits per heavy atom. The van der Waals surface area contributed by atoms with Crippen LogP contribution in [0.2, 0.25) is 0 Å². The van der Waals surface area contributed by atoms with Crippen molar-refractivity contribution >= 4 is 21.9 Å². The lowest BCUT2D eigenvalue weighted by Gasteiger charge is -2.18. The Balaban J connectivity index is 1.89. The second kappa shape index (κ2) is 5.61. The summed E-state index contributed by atoms with van der Waals surface area (Å²) in [7, 11) is 0. The number of nitrogens with one attached hydrogen (secondary N) is 1. The van der Waals surface area contributed by atoms with E-state index in [1.165, 1.54) is 0 Å². The Bertz CT molecular complexity index is 530. The van der Waals surface area contributed by atoms with Gasteiger partial charge in [-0.2, -0.15) is 0 Å². The molecule has 1 aliphatic heterocycles. The highest BCUT2D eigenvalue weighted by Crippen LogP contribution is 2.41. The number of carbonyl (C=O) groups is 1. The molecule has 0 saturated heterocycles. The summed E-state index contributed by atoms with van der Waals surface area (Å²) >= 11 is 3.45. The third kappa shape index (κ3) is 2.76. The Morgan fingerprint density at radius 2 is 2.30 bits per heavy atom. The van der Waals surface area contributed by atoms with E-state index in [9.17, 15) is 4.79 Å². The van der Waals surface area contributed by atoms with E-state index in [4.69, 9.17) is 14.2 Å². The Kier molecular flexibility index (Phi) is 3.85. The summed E-state index contributed by atoms with van der Waals surface area (Å²) in [6.07, 6.45) is 2.20. The van der Waals surface area contributed by atoms with Gasteiger partial charge in [-0.1, -0.05) is 0 Å². The molecule has 0 radical (unpaired) electrons. The zero-order chi connectivity index (χ0) is 14.1. The molecule has 1 heterocycles. The van der Waals surface area contributed by atoms with Gasteiger partial charge in [-0.3, -0.25) is 5.32 Å². The molecule has 6 heteroatoms. The normalized spacial score (nSPS) is 17.9. The lowest BCUT2D eigenvalue weighted by atomic mass is 10.1. The summed E-state index contributed by atoms with van der Waals surface area (Å²) in [4.78, 5) is 12.1. The summed E-state index contributed by atoms with van der Waals surface area (Å²) in [5.41, 5.74) is 0.825. The van der Waals surface area contributed by atoms with Crippen LogP contribution in [0.3, 0.4) is 0 Å². The monoisotopic (exact) mass is 341 g/mol. The van der Waals surface area contributed by atoms with Gasteiger partial charge in [0.2, 0.25) is 6.79 Å². The minimum atomic E-state index is -0.465. The van der Waals surface area contributed by atoms with E-state index in [0.717, 1.165) is 22.9 Å². The van der Waals surface area contributed by atoms with Crippen LogP contribution in [0.5, 0.6) is 11.5 Å². The predicted octanol–water partition coefficient (Wildman–Crippen LogP) is 2.53. The average molecular weight is 342 g/mol.